The van der Waals surface area contributed by atoms with Gasteiger partial charge in [0.2, 0.25) is 0 Å². The summed E-state index contributed by atoms with van der Waals surface area (Å²) in [6.45, 7) is 1.75. The van der Waals surface area contributed by atoms with Gasteiger partial charge in [-0.3, -0.25) is 0 Å². The van der Waals surface area contributed by atoms with E-state index in [-0.39, 0.29) is 33.4 Å². The maximum Gasteiger partial charge on any atom is 0.418 e. The van der Waals surface area contributed by atoms with Crippen LogP contribution in [0.5, 0.6) is 0 Å². The van der Waals surface area contributed by atoms with Crippen molar-refractivity contribution in [3.63, 3.8) is 0 Å². The summed E-state index contributed by atoms with van der Waals surface area (Å²) in [5.74, 6) is 1.16. The number of benzene rings is 1. The molecule has 0 unspecified atom stereocenters. The molecule has 0 amide bonds. The molecule has 0 aliphatic heterocycles. The monoisotopic (exact) mass is 442 g/mol. The van der Waals surface area contributed by atoms with Crippen molar-refractivity contribution in [1.82, 2.24) is 30.4 Å². The molecule has 4 rings (SSSR count). The average Bonchev–Trinajstić information content (AvgIpc) is 3.39. The van der Waals surface area contributed by atoms with E-state index in [4.69, 9.17) is 20.4 Å². The number of thioether (sulfide) groups is 1. The molecule has 150 valence electrons. The lowest BCUT2D eigenvalue weighted by atomic mass is 10.1. The fourth-order valence-corrected chi connectivity index (χ4v) is 3.35. The maximum absolute atomic E-state index is 13.4. The predicted octanol–water partition coefficient (Wildman–Crippen LogP) is 4.58. The summed E-state index contributed by atoms with van der Waals surface area (Å²) in [6.07, 6.45) is -3.12. The molecule has 0 aliphatic carbocycles. The number of rotatable bonds is 5. The van der Waals surface area contributed by atoms with Gasteiger partial charge >= 0.3 is 6.18 Å². The minimum Gasteiger partial charge on any atom is -0.469 e. The number of furan rings is 1. The highest BCUT2D eigenvalue weighted by Crippen LogP contribution is 2.36. The molecule has 29 heavy (non-hydrogen) atoms. The van der Waals surface area contributed by atoms with Crippen LogP contribution in [0.3, 0.4) is 0 Å². The van der Waals surface area contributed by atoms with Gasteiger partial charge in [-0.2, -0.15) is 17.9 Å². The van der Waals surface area contributed by atoms with E-state index in [0.717, 1.165) is 22.5 Å². The molecule has 8 nitrogen and oxygen atoms in total. The first-order chi connectivity index (χ1) is 13.8. The van der Waals surface area contributed by atoms with Gasteiger partial charge in [0, 0.05) is 5.02 Å². The third-order valence-electron chi connectivity index (χ3n) is 3.85. The summed E-state index contributed by atoms with van der Waals surface area (Å²) < 4.78 is 51.9. The van der Waals surface area contributed by atoms with Gasteiger partial charge in [-0.05, 0) is 41.6 Å². The van der Waals surface area contributed by atoms with Crippen LogP contribution in [0.2, 0.25) is 5.02 Å². The SMILES string of the molecule is Cc1occc1-c1nnc(SCc2nnnn2-c2ccc(Cl)cc2C(F)(F)F)o1. The first kappa shape index (κ1) is 19.5. The van der Waals surface area contributed by atoms with Crippen LogP contribution in [0.1, 0.15) is 17.1 Å². The Morgan fingerprint density at radius 3 is 2.72 bits per heavy atom. The van der Waals surface area contributed by atoms with Crippen molar-refractivity contribution in [2.45, 2.75) is 24.1 Å². The second kappa shape index (κ2) is 7.52. The predicted molar refractivity (Wildman–Crippen MR) is 95.5 cm³/mol. The summed E-state index contributed by atoms with van der Waals surface area (Å²) in [6, 6.07) is 5.06. The van der Waals surface area contributed by atoms with E-state index >= 15 is 0 Å². The standard InChI is InChI=1S/C16H10ClF3N6O2S/c1-8-10(4-5-27-8)14-22-23-15(28-14)29-7-13-21-24-25-26(13)12-3-2-9(17)6-11(12)16(18,19)20/h2-6H,7H2,1H3. The maximum atomic E-state index is 13.4. The van der Waals surface area contributed by atoms with Gasteiger partial charge in [0.05, 0.1) is 28.8 Å². The van der Waals surface area contributed by atoms with Gasteiger partial charge in [-0.1, -0.05) is 23.4 Å². The minimum absolute atomic E-state index is 0.0435. The number of hydrogen-bond acceptors (Lipinski definition) is 8. The number of nitrogens with zero attached hydrogens (tertiary/aromatic N) is 6. The van der Waals surface area contributed by atoms with E-state index in [2.05, 4.69) is 25.7 Å². The normalized spacial score (nSPS) is 11.9. The molecular formula is C16H10ClF3N6O2S. The van der Waals surface area contributed by atoms with Gasteiger partial charge in [-0.15, -0.1) is 15.3 Å². The highest BCUT2D eigenvalue weighted by molar-refractivity contribution is 7.98. The van der Waals surface area contributed by atoms with Gasteiger partial charge in [0.15, 0.2) is 5.82 Å². The zero-order chi connectivity index (χ0) is 20.6. The molecule has 0 bridgehead atoms. The van der Waals surface area contributed by atoms with Gasteiger partial charge in [0.25, 0.3) is 11.1 Å². The molecule has 4 aromatic rings. The average molecular weight is 443 g/mol. The van der Waals surface area contributed by atoms with E-state index in [0.29, 0.717) is 11.3 Å². The Bertz CT molecular complexity index is 1160. The van der Waals surface area contributed by atoms with E-state index in [1.165, 1.54) is 18.4 Å². The lowest BCUT2D eigenvalue weighted by molar-refractivity contribution is -0.137. The van der Waals surface area contributed by atoms with Crippen molar-refractivity contribution in [3.05, 3.63) is 52.7 Å². The van der Waals surface area contributed by atoms with Gasteiger partial charge < -0.3 is 8.83 Å². The van der Waals surface area contributed by atoms with E-state index in [1.807, 2.05) is 0 Å². The summed E-state index contributed by atoms with van der Waals surface area (Å²) in [7, 11) is 0. The van der Waals surface area contributed by atoms with Gasteiger partial charge in [0.1, 0.15) is 5.76 Å². The molecule has 0 N–H and O–H groups in total. The highest BCUT2D eigenvalue weighted by Gasteiger charge is 2.35. The van der Waals surface area contributed by atoms with Crippen molar-refractivity contribution in [2.24, 2.45) is 0 Å². The Kier molecular flexibility index (Phi) is 5.04. The molecule has 0 atom stereocenters. The van der Waals surface area contributed by atoms with Crippen molar-refractivity contribution >= 4 is 23.4 Å². The second-order valence-electron chi connectivity index (χ2n) is 5.72. The minimum atomic E-state index is -4.62. The van der Waals surface area contributed by atoms with Crippen molar-refractivity contribution in [2.75, 3.05) is 0 Å². The smallest absolute Gasteiger partial charge is 0.418 e. The zero-order valence-corrected chi connectivity index (χ0v) is 16.1. The number of alkyl halides is 3. The number of tetrazole rings is 1. The molecule has 1 aromatic carbocycles. The van der Waals surface area contributed by atoms with Crippen LogP contribution in [-0.4, -0.2) is 30.4 Å². The second-order valence-corrected chi connectivity index (χ2v) is 7.08. The molecular weight excluding hydrogens is 433 g/mol. The lowest BCUT2D eigenvalue weighted by Gasteiger charge is -2.13. The Labute approximate surface area is 170 Å². The van der Waals surface area contributed by atoms with Crippen molar-refractivity contribution in [1.29, 1.82) is 0 Å². The van der Waals surface area contributed by atoms with E-state index < -0.39 is 11.7 Å². The van der Waals surface area contributed by atoms with Crippen LogP contribution in [0.15, 0.2) is 44.6 Å². The number of halogens is 4. The zero-order valence-electron chi connectivity index (χ0n) is 14.5. The molecule has 3 heterocycles. The molecule has 0 saturated heterocycles. The summed E-state index contributed by atoms with van der Waals surface area (Å²) in [5, 5.41) is 19.0. The topological polar surface area (TPSA) is 95.7 Å². The molecule has 13 heteroatoms. The van der Waals surface area contributed by atoms with E-state index in [9.17, 15) is 13.2 Å². The van der Waals surface area contributed by atoms with Crippen molar-refractivity contribution < 1.29 is 22.0 Å². The van der Waals surface area contributed by atoms with E-state index in [1.54, 1.807) is 13.0 Å². The third kappa shape index (κ3) is 3.98. The summed E-state index contributed by atoms with van der Waals surface area (Å²) in [4.78, 5) is 0. The van der Waals surface area contributed by atoms with Crippen LogP contribution in [0.4, 0.5) is 13.2 Å². The molecule has 0 fully saturated rings. The third-order valence-corrected chi connectivity index (χ3v) is 4.90. The Balaban J connectivity index is 1.58. The Hall–Kier alpha value is -2.86. The Morgan fingerprint density at radius 1 is 1.17 bits per heavy atom. The highest BCUT2D eigenvalue weighted by atomic mass is 35.5. The Morgan fingerprint density at radius 2 is 2.00 bits per heavy atom. The van der Waals surface area contributed by atoms with Crippen LogP contribution < -0.4 is 0 Å². The summed E-state index contributed by atoms with van der Waals surface area (Å²) in [5.41, 5.74) is -0.521. The van der Waals surface area contributed by atoms with Gasteiger partial charge in [-0.25, -0.2) is 0 Å². The molecule has 0 aliphatic rings. The number of hydrogen-bond donors (Lipinski definition) is 0. The van der Waals surface area contributed by atoms with Crippen LogP contribution in [0, 0.1) is 6.92 Å². The molecule has 3 aromatic heterocycles. The molecule has 0 saturated carbocycles. The molecule has 0 spiro atoms. The molecule has 0 radical (unpaired) electrons. The summed E-state index contributed by atoms with van der Waals surface area (Å²) >= 11 is 6.81. The fraction of sp³-hybridized carbons (Fsp3) is 0.188. The van der Waals surface area contributed by atoms with Crippen LogP contribution in [-0.2, 0) is 11.9 Å². The first-order valence-electron chi connectivity index (χ1n) is 7.98. The number of aryl methyl sites for hydroxylation is 1. The number of aromatic nitrogens is 6. The van der Waals surface area contributed by atoms with Crippen LogP contribution >= 0.6 is 23.4 Å². The first-order valence-corrected chi connectivity index (χ1v) is 9.34. The fourth-order valence-electron chi connectivity index (χ4n) is 2.51. The quantitative estimate of drug-likeness (QED) is 0.414. The lowest BCUT2D eigenvalue weighted by Crippen LogP contribution is -2.13. The largest absolute Gasteiger partial charge is 0.469 e. The van der Waals surface area contributed by atoms with Crippen molar-refractivity contribution in [3.8, 4) is 17.1 Å². The van der Waals surface area contributed by atoms with Crippen LogP contribution in [0.25, 0.3) is 17.1 Å².